The molecular weight excluding hydrogens is 476 g/mol. The van der Waals surface area contributed by atoms with Crippen LogP contribution in [0.25, 0.3) is 5.69 Å². The van der Waals surface area contributed by atoms with E-state index >= 15 is 0 Å². The van der Waals surface area contributed by atoms with Crippen LogP contribution in [0, 0.1) is 6.92 Å². The summed E-state index contributed by atoms with van der Waals surface area (Å²) in [6.07, 6.45) is 1.83. The van der Waals surface area contributed by atoms with Gasteiger partial charge in [0.2, 0.25) is 0 Å². The molecule has 5 nitrogen and oxygen atoms in total. The van der Waals surface area contributed by atoms with E-state index in [0.717, 1.165) is 40.0 Å². The van der Waals surface area contributed by atoms with Gasteiger partial charge < -0.3 is 19.5 Å². The van der Waals surface area contributed by atoms with Crippen molar-refractivity contribution in [3.8, 4) is 17.2 Å². The molecule has 3 heterocycles. The lowest BCUT2D eigenvalue weighted by Crippen LogP contribution is -2.30. The van der Waals surface area contributed by atoms with Crippen molar-refractivity contribution in [3.63, 3.8) is 0 Å². The Hall–Kier alpha value is -4.42. The fourth-order valence-electron chi connectivity index (χ4n) is 4.95. The molecule has 0 saturated carbocycles. The van der Waals surface area contributed by atoms with E-state index in [9.17, 15) is 0 Å². The summed E-state index contributed by atoms with van der Waals surface area (Å²) in [5, 5.41) is 4.22. The van der Waals surface area contributed by atoms with Crippen molar-refractivity contribution in [3.05, 3.63) is 139 Å². The second-order valence-corrected chi connectivity index (χ2v) is 9.36. The highest BCUT2D eigenvalue weighted by Crippen LogP contribution is 2.43. The number of nitrogens with zero attached hydrogens (tertiary/aromatic N) is 3. The smallest absolute Gasteiger partial charge is 0.174 e. The average Bonchev–Trinajstić information content (AvgIpc) is 3.50. The van der Waals surface area contributed by atoms with Gasteiger partial charge in [-0.05, 0) is 91.9 Å². The van der Waals surface area contributed by atoms with Gasteiger partial charge in [0.15, 0.2) is 5.11 Å². The van der Waals surface area contributed by atoms with Crippen LogP contribution >= 0.6 is 12.2 Å². The lowest BCUT2D eigenvalue weighted by molar-refractivity contribution is 0.482. The Morgan fingerprint density at radius 2 is 1.41 bits per heavy atom. The molecule has 2 atom stereocenters. The first kappa shape index (κ1) is 23.0. The molecule has 0 radical (unpaired) electrons. The number of aryl methyl sites for hydroxylation is 1. The molecule has 6 heteroatoms. The zero-order chi connectivity index (χ0) is 25.2. The van der Waals surface area contributed by atoms with Gasteiger partial charge in [-0.3, -0.25) is 4.98 Å². The first-order chi connectivity index (χ1) is 18.2. The summed E-state index contributed by atoms with van der Waals surface area (Å²) in [6.45, 7) is 2.13. The molecule has 6 rings (SSSR count). The molecule has 0 unspecified atom stereocenters. The molecule has 1 saturated heterocycles. The number of thiocarbonyl (C=S) groups is 1. The van der Waals surface area contributed by atoms with Crippen molar-refractivity contribution >= 4 is 23.0 Å². The molecule has 5 aromatic rings. The molecule has 0 aliphatic carbocycles. The van der Waals surface area contributed by atoms with Crippen LogP contribution < -0.4 is 15.0 Å². The number of rotatable bonds is 6. The van der Waals surface area contributed by atoms with Crippen LogP contribution in [0.1, 0.15) is 29.2 Å². The number of hydrogen-bond acceptors (Lipinski definition) is 3. The van der Waals surface area contributed by atoms with Gasteiger partial charge in [0.1, 0.15) is 17.5 Å². The summed E-state index contributed by atoms with van der Waals surface area (Å²) in [5.41, 5.74) is 5.34. The highest BCUT2D eigenvalue weighted by molar-refractivity contribution is 7.80. The summed E-state index contributed by atoms with van der Waals surface area (Å²) in [7, 11) is 0. The zero-order valence-corrected chi connectivity index (χ0v) is 21.2. The van der Waals surface area contributed by atoms with E-state index in [1.54, 1.807) is 0 Å². The summed E-state index contributed by atoms with van der Waals surface area (Å²) >= 11 is 5.93. The molecule has 0 amide bonds. The molecule has 2 aromatic heterocycles. The van der Waals surface area contributed by atoms with E-state index in [1.807, 2.05) is 66.9 Å². The van der Waals surface area contributed by atoms with Crippen molar-refractivity contribution < 1.29 is 4.74 Å². The van der Waals surface area contributed by atoms with Gasteiger partial charge in [-0.2, -0.15) is 0 Å². The van der Waals surface area contributed by atoms with Gasteiger partial charge >= 0.3 is 0 Å². The third kappa shape index (κ3) is 4.47. The van der Waals surface area contributed by atoms with Gasteiger partial charge in [-0.15, -0.1) is 0 Å². The zero-order valence-electron chi connectivity index (χ0n) is 20.4. The minimum absolute atomic E-state index is 0.114. The SMILES string of the molecule is Cc1ccc([C@H]2[C@H](c3ccccn3)NC(=S)N2c2ccc(Oc3ccccc3)cc2)n1-c1ccccc1. The van der Waals surface area contributed by atoms with Crippen LogP contribution in [-0.2, 0) is 0 Å². The number of pyridine rings is 1. The van der Waals surface area contributed by atoms with E-state index in [0.29, 0.717) is 5.11 Å². The molecule has 1 aliphatic rings. The van der Waals surface area contributed by atoms with Gasteiger partial charge in [0, 0.05) is 29.0 Å². The maximum atomic E-state index is 6.02. The molecule has 1 N–H and O–H groups in total. The first-order valence-corrected chi connectivity index (χ1v) is 12.7. The molecular formula is C31H26N4OS. The van der Waals surface area contributed by atoms with E-state index < -0.39 is 0 Å². The van der Waals surface area contributed by atoms with Crippen LogP contribution in [0.5, 0.6) is 11.5 Å². The van der Waals surface area contributed by atoms with E-state index in [2.05, 4.69) is 76.3 Å². The largest absolute Gasteiger partial charge is 0.457 e. The van der Waals surface area contributed by atoms with Crippen LogP contribution in [0.3, 0.4) is 0 Å². The quantitative estimate of drug-likeness (QED) is 0.250. The minimum Gasteiger partial charge on any atom is -0.457 e. The molecule has 0 bridgehead atoms. The maximum absolute atomic E-state index is 6.02. The second kappa shape index (κ2) is 9.91. The third-order valence-corrected chi connectivity index (χ3v) is 6.93. The van der Waals surface area contributed by atoms with E-state index in [-0.39, 0.29) is 12.1 Å². The molecule has 1 aliphatic heterocycles. The standard InChI is InChI=1S/C31H26N4OS/c1-22-15-20-28(34(22)23-10-4-2-5-11-23)30-29(27-14-8-9-21-32-27)33-31(37)35(30)24-16-18-26(19-17-24)36-25-12-6-3-7-13-25/h2-21,29-30H,1H3,(H,33,37)/t29-,30-/m0/s1. The third-order valence-electron chi connectivity index (χ3n) is 6.62. The lowest BCUT2D eigenvalue weighted by Gasteiger charge is -2.29. The van der Waals surface area contributed by atoms with E-state index in [4.69, 9.17) is 21.9 Å². The van der Waals surface area contributed by atoms with Gasteiger partial charge in [-0.1, -0.05) is 42.5 Å². The van der Waals surface area contributed by atoms with Gasteiger partial charge in [-0.25, -0.2) is 0 Å². The van der Waals surface area contributed by atoms with Crippen LogP contribution in [0.15, 0.2) is 121 Å². The summed E-state index contributed by atoms with van der Waals surface area (Å²) in [6, 6.07) is 38.4. The fraction of sp³-hybridized carbons (Fsp3) is 0.0968. The normalized spacial score (nSPS) is 17.0. The predicted octanol–water partition coefficient (Wildman–Crippen LogP) is 7.15. The number of nitrogens with one attached hydrogen (secondary N) is 1. The number of hydrogen-bond donors (Lipinski definition) is 1. The summed E-state index contributed by atoms with van der Waals surface area (Å²) < 4.78 is 8.33. The monoisotopic (exact) mass is 502 g/mol. The maximum Gasteiger partial charge on any atom is 0.174 e. The Morgan fingerprint density at radius 3 is 2.11 bits per heavy atom. The molecule has 182 valence electrons. The average molecular weight is 503 g/mol. The molecule has 0 spiro atoms. The van der Waals surface area contributed by atoms with Crippen molar-refractivity contribution in [2.24, 2.45) is 0 Å². The van der Waals surface area contributed by atoms with Crippen molar-refractivity contribution in [2.75, 3.05) is 4.90 Å². The Morgan fingerprint density at radius 1 is 0.730 bits per heavy atom. The number of ether oxygens (including phenoxy) is 1. The highest BCUT2D eigenvalue weighted by Gasteiger charge is 2.42. The van der Waals surface area contributed by atoms with Crippen LogP contribution in [0.4, 0.5) is 5.69 Å². The number of aromatic nitrogens is 2. The predicted molar refractivity (Wildman–Crippen MR) is 151 cm³/mol. The van der Waals surface area contributed by atoms with Crippen LogP contribution in [-0.4, -0.2) is 14.7 Å². The van der Waals surface area contributed by atoms with Crippen molar-refractivity contribution in [2.45, 2.75) is 19.0 Å². The second-order valence-electron chi connectivity index (χ2n) is 8.98. The molecule has 1 fully saturated rings. The number of benzene rings is 3. The fourth-order valence-corrected chi connectivity index (χ4v) is 5.30. The first-order valence-electron chi connectivity index (χ1n) is 12.3. The lowest BCUT2D eigenvalue weighted by atomic mass is 10.0. The Kier molecular flexibility index (Phi) is 6.16. The van der Waals surface area contributed by atoms with Gasteiger partial charge in [0.25, 0.3) is 0 Å². The highest BCUT2D eigenvalue weighted by atomic mass is 32.1. The van der Waals surface area contributed by atoms with Crippen molar-refractivity contribution in [1.29, 1.82) is 0 Å². The Labute approximate surface area is 222 Å². The Balaban J connectivity index is 1.42. The summed E-state index contributed by atoms with van der Waals surface area (Å²) in [4.78, 5) is 6.88. The molecule has 37 heavy (non-hydrogen) atoms. The van der Waals surface area contributed by atoms with Crippen LogP contribution in [0.2, 0.25) is 0 Å². The van der Waals surface area contributed by atoms with Crippen molar-refractivity contribution in [1.82, 2.24) is 14.9 Å². The minimum atomic E-state index is -0.120. The topological polar surface area (TPSA) is 42.3 Å². The molecule has 3 aromatic carbocycles. The number of anilines is 1. The Bertz CT molecular complexity index is 1500. The van der Waals surface area contributed by atoms with Gasteiger partial charge in [0.05, 0.1) is 11.7 Å². The summed E-state index contributed by atoms with van der Waals surface area (Å²) in [5.74, 6) is 1.58. The van der Waals surface area contributed by atoms with E-state index in [1.165, 1.54) is 0 Å². The number of para-hydroxylation sites is 2.